The van der Waals surface area contributed by atoms with E-state index in [0.717, 1.165) is 5.56 Å². The summed E-state index contributed by atoms with van der Waals surface area (Å²) < 4.78 is 4.58. The molecule has 0 spiro atoms. The van der Waals surface area contributed by atoms with Crippen molar-refractivity contribution < 1.29 is 19.1 Å². The molecule has 2 aromatic carbocycles. The first-order valence-electron chi connectivity index (χ1n) is 6.00. The van der Waals surface area contributed by atoms with Gasteiger partial charge in [-0.3, -0.25) is 4.79 Å². The summed E-state index contributed by atoms with van der Waals surface area (Å²) in [6.45, 7) is 1.81. The smallest absolute Gasteiger partial charge is 0.383 e. The van der Waals surface area contributed by atoms with Crippen LogP contribution in [0.15, 0.2) is 54.6 Å². The summed E-state index contributed by atoms with van der Waals surface area (Å²) in [5, 5.41) is 0. The molecule has 20 heavy (non-hydrogen) atoms. The zero-order valence-corrected chi connectivity index (χ0v) is 10.8. The molecule has 0 aliphatic rings. The summed E-state index contributed by atoms with van der Waals surface area (Å²) >= 11 is 0. The van der Waals surface area contributed by atoms with E-state index in [-0.39, 0.29) is 11.1 Å². The number of hydrogen-bond donors (Lipinski definition) is 0. The Morgan fingerprint density at radius 3 is 2.15 bits per heavy atom. The van der Waals surface area contributed by atoms with E-state index in [1.807, 2.05) is 13.0 Å². The van der Waals surface area contributed by atoms with Gasteiger partial charge in [0.25, 0.3) is 5.78 Å². The van der Waals surface area contributed by atoms with Crippen LogP contribution in [0.1, 0.15) is 26.3 Å². The molecule has 0 bridgehead atoms. The van der Waals surface area contributed by atoms with Crippen LogP contribution in [0, 0.1) is 6.92 Å². The minimum Gasteiger partial charge on any atom is -0.383 e. The van der Waals surface area contributed by atoms with Crippen LogP contribution in [0.4, 0.5) is 0 Å². The van der Waals surface area contributed by atoms with Crippen LogP contribution >= 0.6 is 0 Å². The average molecular weight is 268 g/mol. The number of esters is 2. The zero-order chi connectivity index (χ0) is 14.5. The molecule has 0 unspecified atom stereocenters. The number of rotatable bonds is 3. The Morgan fingerprint density at radius 2 is 1.50 bits per heavy atom. The maximum atomic E-state index is 11.8. The molecule has 100 valence electrons. The third-order valence-electron chi connectivity index (χ3n) is 2.66. The van der Waals surface area contributed by atoms with Gasteiger partial charge in [0.1, 0.15) is 0 Å². The highest BCUT2D eigenvalue weighted by Gasteiger charge is 2.21. The lowest BCUT2D eigenvalue weighted by atomic mass is 10.1. The Labute approximate surface area is 116 Å². The van der Waals surface area contributed by atoms with Crippen LogP contribution in [-0.4, -0.2) is 17.7 Å². The van der Waals surface area contributed by atoms with E-state index in [9.17, 15) is 14.4 Å². The van der Waals surface area contributed by atoms with Crippen molar-refractivity contribution in [1.82, 2.24) is 0 Å². The first-order valence-corrected chi connectivity index (χ1v) is 6.00. The quantitative estimate of drug-likeness (QED) is 0.371. The molecular weight excluding hydrogens is 256 g/mol. The van der Waals surface area contributed by atoms with Crippen LogP contribution < -0.4 is 0 Å². The van der Waals surface area contributed by atoms with Gasteiger partial charge in [-0.25, -0.2) is 9.59 Å². The molecule has 0 saturated carbocycles. The van der Waals surface area contributed by atoms with Crippen LogP contribution in [0.25, 0.3) is 0 Å². The summed E-state index contributed by atoms with van der Waals surface area (Å²) in [7, 11) is 0. The standard InChI is InChI=1S/C16H12O4/c1-11-6-5-9-13(10-11)15(18)20-16(19)14(17)12-7-3-2-4-8-12/h2-10H,1H3. The van der Waals surface area contributed by atoms with Crippen molar-refractivity contribution in [3.05, 3.63) is 71.3 Å². The summed E-state index contributed by atoms with van der Waals surface area (Å²) in [6, 6.07) is 14.6. The van der Waals surface area contributed by atoms with Gasteiger partial charge in [-0.15, -0.1) is 0 Å². The van der Waals surface area contributed by atoms with E-state index >= 15 is 0 Å². The highest BCUT2D eigenvalue weighted by molar-refractivity contribution is 6.42. The van der Waals surface area contributed by atoms with Crippen LogP contribution in [0.3, 0.4) is 0 Å². The van der Waals surface area contributed by atoms with Gasteiger partial charge >= 0.3 is 11.9 Å². The van der Waals surface area contributed by atoms with E-state index in [1.165, 1.54) is 18.2 Å². The van der Waals surface area contributed by atoms with Crippen molar-refractivity contribution in [3.8, 4) is 0 Å². The maximum Gasteiger partial charge on any atom is 0.387 e. The molecule has 0 amide bonds. The molecule has 2 rings (SSSR count). The summed E-state index contributed by atoms with van der Waals surface area (Å²) in [6.07, 6.45) is 0. The van der Waals surface area contributed by atoms with Gasteiger partial charge in [0.2, 0.25) is 0 Å². The fourth-order valence-corrected chi connectivity index (χ4v) is 1.67. The van der Waals surface area contributed by atoms with Gasteiger partial charge in [0.15, 0.2) is 0 Å². The second-order valence-corrected chi connectivity index (χ2v) is 4.24. The van der Waals surface area contributed by atoms with Crippen molar-refractivity contribution >= 4 is 17.7 Å². The molecule has 0 fully saturated rings. The second-order valence-electron chi connectivity index (χ2n) is 4.24. The van der Waals surface area contributed by atoms with E-state index in [1.54, 1.807) is 30.3 Å². The Morgan fingerprint density at radius 1 is 0.850 bits per heavy atom. The minimum atomic E-state index is -1.18. The number of Topliss-reactive ketones (excluding diaryl/α,β-unsaturated/α-hetero) is 1. The Kier molecular flexibility index (Phi) is 4.05. The number of hydrogen-bond acceptors (Lipinski definition) is 4. The lowest BCUT2D eigenvalue weighted by molar-refractivity contribution is -0.132. The molecule has 0 N–H and O–H groups in total. The average Bonchev–Trinajstić information content (AvgIpc) is 2.47. The molecule has 4 nitrogen and oxygen atoms in total. The minimum absolute atomic E-state index is 0.189. The molecular formula is C16H12O4. The van der Waals surface area contributed by atoms with Gasteiger partial charge in [-0.05, 0) is 19.1 Å². The van der Waals surface area contributed by atoms with Crippen molar-refractivity contribution in [3.63, 3.8) is 0 Å². The van der Waals surface area contributed by atoms with Crippen LogP contribution in [-0.2, 0) is 9.53 Å². The largest absolute Gasteiger partial charge is 0.387 e. The van der Waals surface area contributed by atoms with Crippen LogP contribution in [0.2, 0.25) is 0 Å². The predicted molar refractivity (Wildman–Crippen MR) is 72.4 cm³/mol. The van der Waals surface area contributed by atoms with Crippen molar-refractivity contribution in [2.75, 3.05) is 0 Å². The number of benzene rings is 2. The fourth-order valence-electron chi connectivity index (χ4n) is 1.67. The number of carbonyl (C=O) groups excluding carboxylic acids is 3. The lowest BCUT2D eigenvalue weighted by Gasteiger charge is -2.03. The third kappa shape index (κ3) is 3.17. The molecule has 0 atom stereocenters. The van der Waals surface area contributed by atoms with Gasteiger partial charge in [-0.2, -0.15) is 0 Å². The predicted octanol–water partition coefficient (Wildman–Crippen LogP) is 2.56. The molecule has 0 aliphatic carbocycles. The zero-order valence-electron chi connectivity index (χ0n) is 10.8. The number of ether oxygens (including phenoxy) is 1. The molecule has 2 aromatic rings. The van der Waals surface area contributed by atoms with E-state index in [2.05, 4.69) is 4.74 Å². The van der Waals surface area contributed by atoms with Gasteiger partial charge in [0, 0.05) is 5.56 Å². The molecule has 0 saturated heterocycles. The molecule has 0 radical (unpaired) electrons. The third-order valence-corrected chi connectivity index (χ3v) is 2.66. The first kappa shape index (κ1) is 13.7. The van der Waals surface area contributed by atoms with E-state index in [0.29, 0.717) is 0 Å². The Bertz CT molecular complexity index is 659. The topological polar surface area (TPSA) is 60.4 Å². The maximum absolute atomic E-state index is 11.8. The van der Waals surface area contributed by atoms with Crippen molar-refractivity contribution in [1.29, 1.82) is 0 Å². The molecule has 4 heteroatoms. The summed E-state index contributed by atoms with van der Waals surface area (Å²) in [5.74, 6) is -2.85. The second kappa shape index (κ2) is 5.93. The van der Waals surface area contributed by atoms with Gasteiger partial charge < -0.3 is 4.74 Å². The van der Waals surface area contributed by atoms with E-state index in [4.69, 9.17) is 0 Å². The number of carbonyl (C=O) groups is 3. The number of aryl methyl sites for hydroxylation is 1. The van der Waals surface area contributed by atoms with Gasteiger partial charge in [0.05, 0.1) is 5.56 Å². The van der Waals surface area contributed by atoms with Crippen molar-refractivity contribution in [2.45, 2.75) is 6.92 Å². The summed E-state index contributed by atoms with van der Waals surface area (Å²) in [5.41, 5.74) is 1.29. The first-order chi connectivity index (χ1) is 9.58. The summed E-state index contributed by atoms with van der Waals surface area (Å²) in [4.78, 5) is 35.1. The molecule has 0 aromatic heterocycles. The van der Waals surface area contributed by atoms with E-state index < -0.39 is 17.7 Å². The highest BCUT2D eigenvalue weighted by atomic mass is 16.6. The van der Waals surface area contributed by atoms with Crippen molar-refractivity contribution in [2.24, 2.45) is 0 Å². The Hall–Kier alpha value is -2.75. The normalized spacial score (nSPS) is 9.85. The number of ketones is 1. The molecule has 0 heterocycles. The highest BCUT2D eigenvalue weighted by Crippen LogP contribution is 2.07. The monoisotopic (exact) mass is 268 g/mol. The molecule has 0 aliphatic heterocycles. The Balaban J connectivity index is 2.08. The fraction of sp³-hybridized carbons (Fsp3) is 0.0625. The SMILES string of the molecule is Cc1cccc(C(=O)OC(=O)C(=O)c2ccccc2)c1. The lowest BCUT2D eigenvalue weighted by Crippen LogP contribution is -2.21. The van der Waals surface area contributed by atoms with Gasteiger partial charge in [-0.1, -0.05) is 48.0 Å². The van der Waals surface area contributed by atoms with Crippen LogP contribution in [0.5, 0.6) is 0 Å².